The quantitative estimate of drug-likeness (QED) is 0.162. The second-order valence-corrected chi connectivity index (χ2v) is 9.38. The highest BCUT2D eigenvalue weighted by Gasteiger charge is 2.16. The number of fused-ring (bicyclic) bond motifs is 1. The van der Waals surface area contributed by atoms with E-state index in [1.165, 1.54) is 61.9 Å². The van der Waals surface area contributed by atoms with Crippen LogP contribution in [0.1, 0.15) is 69.5 Å². The van der Waals surface area contributed by atoms with E-state index in [9.17, 15) is 15.2 Å². The van der Waals surface area contributed by atoms with Gasteiger partial charge >= 0.3 is 5.69 Å². The monoisotopic (exact) mass is 532 g/mol. The Hall–Kier alpha value is -3.08. The van der Waals surface area contributed by atoms with E-state index in [0.29, 0.717) is 5.56 Å². The summed E-state index contributed by atoms with van der Waals surface area (Å²) in [6, 6.07) is 17.1. The van der Waals surface area contributed by atoms with Crippen LogP contribution in [-0.2, 0) is 6.54 Å². The van der Waals surface area contributed by atoms with Gasteiger partial charge in [-0.3, -0.25) is 10.1 Å². The first-order chi connectivity index (χ1) is 17.6. The minimum absolute atomic E-state index is 0.280. The van der Waals surface area contributed by atoms with Gasteiger partial charge in [-0.1, -0.05) is 69.7 Å². The summed E-state index contributed by atoms with van der Waals surface area (Å²) in [5.41, 5.74) is 2.34. The van der Waals surface area contributed by atoms with E-state index in [1.54, 1.807) is 18.2 Å². The Morgan fingerprint density at radius 1 is 0.838 bits per heavy atom. The predicted molar refractivity (Wildman–Crippen MR) is 130 cm³/mol. The molecule has 37 heavy (non-hydrogen) atoms. The molecule has 0 amide bonds. The molecule has 2 aromatic carbocycles. The summed E-state index contributed by atoms with van der Waals surface area (Å²) in [5, 5.41) is 22.6. The van der Waals surface area contributed by atoms with Crippen LogP contribution >= 0.6 is 0 Å². The number of benzene rings is 2. The second-order valence-electron chi connectivity index (χ2n) is 8.63. The van der Waals surface area contributed by atoms with Gasteiger partial charge in [-0.25, -0.2) is 18.6 Å². The van der Waals surface area contributed by atoms with Gasteiger partial charge in [0.05, 0.1) is 4.92 Å². The summed E-state index contributed by atoms with van der Waals surface area (Å²) in [4.78, 5) is 10.5. The molecule has 0 saturated carbocycles. The summed E-state index contributed by atoms with van der Waals surface area (Å²) >= 11 is 0. The van der Waals surface area contributed by atoms with Gasteiger partial charge in [0, 0.05) is 41.6 Å². The Morgan fingerprint density at radius 2 is 1.46 bits per heavy atom. The number of rotatable bonds is 12. The number of nitro benzene ring substituents is 1. The number of aromatic nitrogens is 1. The first-order valence-electron chi connectivity index (χ1n) is 12.3. The summed E-state index contributed by atoms with van der Waals surface area (Å²) in [6.07, 6.45) is 13.8. The third-order valence-corrected chi connectivity index (χ3v) is 5.88. The fraction of sp³-hybridized carbons (Fsp3) is 0.370. The fourth-order valence-electron chi connectivity index (χ4n) is 4.08. The number of hydrogen-bond donors (Lipinski definition) is 1. The van der Waals surface area contributed by atoms with Crippen molar-refractivity contribution in [1.82, 2.24) is 0 Å². The van der Waals surface area contributed by atoms with E-state index in [2.05, 4.69) is 35.8 Å². The van der Waals surface area contributed by atoms with E-state index in [-0.39, 0.29) is 11.4 Å². The van der Waals surface area contributed by atoms with Gasteiger partial charge in [-0.15, -0.1) is 10.2 Å². The third kappa shape index (κ3) is 10.8. The summed E-state index contributed by atoms with van der Waals surface area (Å²) < 4.78 is 36.3. The van der Waals surface area contributed by atoms with Gasteiger partial charge in [-0.2, -0.15) is 4.57 Å². The molecule has 0 spiro atoms. The number of halogens is 1. The van der Waals surface area contributed by atoms with Gasteiger partial charge in [-0.05, 0) is 24.6 Å². The maximum Gasteiger partial charge on any atom is 0.311 e. The summed E-state index contributed by atoms with van der Waals surface area (Å²) in [6.45, 7) is 3.16. The Bertz CT molecular complexity index is 1170. The van der Waals surface area contributed by atoms with Crippen LogP contribution in [0.3, 0.4) is 0 Å². The van der Waals surface area contributed by atoms with Crippen LogP contribution in [0, 0.1) is 20.4 Å². The van der Waals surface area contributed by atoms with Crippen LogP contribution < -0.4 is 23.2 Å². The van der Waals surface area contributed by atoms with Crippen LogP contribution in [-0.4, -0.2) is 10.0 Å². The molecular weight excluding hydrogens is 500 g/mol. The molecule has 3 aromatic rings. The van der Waals surface area contributed by atoms with E-state index < -0.39 is 15.2 Å². The Morgan fingerprint density at radius 3 is 2.11 bits per heavy atom. The molecule has 0 radical (unpaired) electrons. The van der Waals surface area contributed by atoms with Gasteiger partial charge in [0.2, 0.25) is 17.0 Å². The summed E-state index contributed by atoms with van der Waals surface area (Å²) in [5.74, 6) is -0.302. The number of nitro groups is 1. The van der Waals surface area contributed by atoms with Crippen LogP contribution in [0.5, 0.6) is 5.75 Å². The zero-order valence-corrected chi connectivity index (χ0v) is 21.6. The number of aromatic hydroxyl groups is 1. The summed E-state index contributed by atoms with van der Waals surface area (Å²) in [7, 11) is -4.94. The van der Waals surface area contributed by atoms with Crippen molar-refractivity contribution in [2.75, 3.05) is 0 Å². The zero-order chi connectivity index (χ0) is 27.3. The maximum absolute atomic E-state index is 11.1. The molecule has 200 valence electrons. The number of phenolic OH excluding ortho intramolecular Hbond substituents is 1. The molecule has 1 N–H and O–H groups in total. The van der Waals surface area contributed by atoms with Crippen molar-refractivity contribution in [3.63, 3.8) is 0 Å². The molecule has 0 bridgehead atoms. The van der Waals surface area contributed by atoms with E-state index in [1.807, 2.05) is 18.2 Å². The lowest BCUT2D eigenvalue weighted by Gasteiger charge is -2.17. The molecule has 0 fully saturated rings. The van der Waals surface area contributed by atoms with Crippen LogP contribution in [0.2, 0.25) is 0 Å². The molecule has 9 nitrogen and oxygen atoms in total. The van der Waals surface area contributed by atoms with Crippen molar-refractivity contribution in [3.05, 3.63) is 76.0 Å². The average molecular weight is 533 g/mol. The fourth-order valence-corrected chi connectivity index (χ4v) is 4.08. The maximum atomic E-state index is 11.1. The van der Waals surface area contributed by atoms with Gasteiger partial charge in [0.15, 0.2) is 0 Å². The number of unbranched alkanes of at least 4 members (excludes halogenated alkanes) is 7. The molecule has 0 aliphatic heterocycles. The van der Waals surface area contributed by atoms with E-state index in [4.69, 9.17) is 18.6 Å². The van der Waals surface area contributed by atoms with Crippen molar-refractivity contribution < 1.29 is 43.5 Å². The Labute approximate surface area is 218 Å². The molecule has 0 unspecified atom stereocenters. The first-order valence-corrected chi connectivity index (χ1v) is 13.5. The second kappa shape index (κ2) is 15.2. The van der Waals surface area contributed by atoms with Gasteiger partial charge < -0.3 is 5.11 Å². The number of hydrogen-bond acceptors (Lipinski definition) is 7. The van der Waals surface area contributed by atoms with Gasteiger partial charge in [0.1, 0.15) is 6.54 Å². The molecule has 0 atom stereocenters. The highest BCUT2D eigenvalue weighted by Crippen LogP contribution is 2.30. The highest BCUT2D eigenvalue weighted by molar-refractivity contribution is 5.78. The van der Waals surface area contributed by atoms with Crippen molar-refractivity contribution in [1.29, 1.82) is 0 Å². The lowest BCUT2D eigenvalue weighted by molar-refractivity contribution is -2.00. The molecule has 10 heteroatoms. The number of phenols is 1. The predicted octanol–water partition coefficient (Wildman–Crippen LogP) is 2.30. The Kier molecular flexibility index (Phi) is 12.4. The van der Waals surface area contributed by atoms with Crippen molar-refractivity contribution in [2.45, 2.75) is 64.8 Å². The molecule has 1 heterocycles. The van der Waals surface area contributed by atoms with Crippen molar-refractivity contribution in [2.24, 2.45) is 0 Å². The standard InChI is InChI=1S/C27H32N2O3.ClHO4/c1-2-3-4-5-6-7-8-11-21-28-24(19-17-22-13-9-10-15-25(22)28)20-18-23-14-12-16-26(27(23)30)29(31)32;2-1(3,4)5/h9-10,12-20H,2-8,11,21H2,1H3;(H,2,3,4,5). The molecule has 3 rings (SSSR count). The molecular formula is C27H33ClN2O7. The van der Waals surface area contributed by atoms with E-state index >= 15 is 0 Å². The molecule has 0 aliphatic rings. The molecule has 0 saturated heterocycles. The first kappa shape index (κ1) is 30.1. The number of aryl methyl sites for hydroxylation is 1. The number of nitrogens with zero attached hydrogens (tertiary/aromatic N) is 2. The topological polar surface area (TPSA) is 159 Å². The average Bonchev–Trinajstić information content (AvgIpc) is 2.84. The minimum Gasteiger partial charge on any atom is -0.502 e. The van der Waals surface area contributed by atoms with Crippen LogP contribution in [0.4, 0.5) is 5.69 Å². The number of para-hydroxylation sites is 2. The third-order valence-electron chi connectivity index (χ3n) is 5.88. The lowest BCUT2D eigenvalue weighted by atomic mass is 10.1. The van der Waals surface area contributed by atoms with E-state index in [0.717, 1.165) is 18.7 Å². The SMILES string of the molecule is CCCCCCCCCC[n+]1c(/C=C/c2cccc([N+](=O)[O-])c2O)ccc2ccccc21.[O-][Cl+3]([O-])([O-])[O-]. The highest BCUT2D eigenvalue weighted by atomic mass is 35.7. The van der Waals surface area contributed by atoms with Gasteiger partial charge in [0.25, 0.3) is 0 Å². The minimum atomic E-state index is -4.94. The lowest BCUT2D eigenvalue weighted by Crippen LogP contribution is -2.68. The largest absolute Gasteiger partial charge is 0.502 e. The van der Waals surface area contributed by atoms with Crippen molar-refractivity contribution in [3.8, 4) is 5.75 Å². The van der Waals surface area contributed by atoms with Crippen molar-refractivity contribution >= 4 is 28.7 Å². The molecule has 0 aliphatic carbocycles. The Balaban J connectivity index is 0.000000877. The van der Waals surface area contributed by atoms with Crippen LogP contribution in [0.25, 0.3) is 23.1 Å². The molecule has 1 aromatic heterocycles. The smallest absolute Gasteiger partial charge is 0.311 e. The normalized spacial score (nSPS) is 11.5. The van der Waals surface area contributed by atoms with Crippen LogP contribution in [0.15, 0.2) is 54.6 Å². The zero-order valence-electron chi connectivity index (χ0n) is 20.9. The number of pyridine rings is 1.